The van der Waals surface area contributed by atoms with Gasteiger partial charge in [0.05, 0.1) is 0 Å². The molecule has 0 atom stereocenters. The number of benzene rings is 2. The molecule has 0 saturated carbocycles. The predicted octanol–water partition coefficient (Wildman–Crippen LogP) is 5.38. The Labute approximate surface area is 127 Å². The number of carbonyl (C=O) groups is 1. The minimum Gasteiger partial charge on any atom is -0.294 e. The lowest BCUT2D eigenvalue weighted by Crippen LogP contribution is -2.06. The molecule has 2 aromatic carbocycles. The minimum atomic E-state index is -0.0463. The number of aryl methyl sites for hydroxylation is 1. The SMILES string of the molecule is Cc1ccc(Cl)cc1C(=O)Cc1c(Cl)cccc1Cl. The second kappa shape index (κ2) is 5.96. The van der Waals surface area contributed by atoms with Gasteiger partial charge in [-0.05, 0) is 42.3 Å². The van der Waals surface area contributed by atoms with Crippen LogP contribution in [0.25, 0.3) is 0 Å². The summed E-state index contributed by atoms with van der Waals surface area (Å²) in [4.78, 5) is 12.3. The van der Waals surface area contributed by atoms with E-state index >= 15 is 0 Å². The molecule has 0 fully saturated rings. The number of carbonyl (C=O) groups excluding carboxylic acids is 1. The summed E-state index contributed by atoms with van der Waals surface area (Å²) in [5.41, 5.74) is 2.14. The Morgan fingerprint density at radius 3 is 2.32 bits per heavy atom. The van der Waals surface area contributed by atoms with Gasteiger partial charge in [-0.2, -0.15) is 0 Å². The van der Waals surface area contributed by atoms with Gasteiger partial charge >= 0.3 is 0 Å². The zero-order chi connectivity index (χ0) is 14.0. The lowest BCUT2D eigenvalue weighted by Gasteiger charge is -2.08. The molecule has 2 aromatic rings. The molecule has 0 aromatic heterocycles. The van der Waals surface area contributed by atoms with Gasteiger partial charge in [0.25, 0.3) is 0 Å². The standard InChI is InChI=1S/C15H11Cl3O/c1-9-5-6-10(16)7-11(9)15(19)8-12-13(17)3-2-4-14(12)18/h2-7H,8H2,1H3. The van der Waals surface area contributed by atoms with Gasteiger partial charge in [0.15, 0.2) is 5.78 Å². The molecule has 2 rings (SSSR count). The molecule has 4 heteroatoms. The van der Waals surface area contributed by atoms with Crippen LogP contribution in [0.2, 0.25) is 15.1 Å². The number of ketones is 1. The quantitative estimate of drug-likeness (QED) is 0.695. The third-order valence-electron chi connectivity index (χ3n) is 2.90. The van der Waals surface area contributed by atoms with E-state index in [9.17, 15) is 4.79 Å². The van der Waals surface area contributed by atoms with Crippen molar-refractivity contribution in [3.8, 4) is 0 Å². The molecule has 0 N–H and O–H groups in total. The zero-order valence-corrected chi connectivity index (χ0v) is 12.5. The third kappa shape index (κ3) is 3.30. The van der Waals surface area contributed by atoms with E-state index in [0.717, 1.165) is 5.56 Å². The van der Waals surface area contributed by atoms with Crippen LogP contribution < -0.4 is 0 Å². The van der Waals surface area contributed by atoms with E-state index < -0.39 is 0 Å². The van der Waals surface area contributed by atoms with Crippen LogP contribution in [-0.2, 0) is 6.42 Å². The van der Waals surface area contributed by atoms with Crippen LogP contribution >= 0.6 is 34.8 Å². The maximum atomic E-state index is 12.3. The summed E-state index contributed by atoms with van der Waals surface area (Å²) >= 11 is 18.1. The van der Waals surface area contributed by atoms with E-state index in [1.807, 2.05) is 13.0 Å². The zero-order valence-electron chi connectivity index (χ0n) is 10.2. The summed E-state index contributed by atoms with van der Waals surface area (Å²) in [7, 11) is 0. The van der Waals surface area contributed by atoms with Crippen molar-refractivity contribution in [3.63, 3.8) is 0 Å². The third-order valence-corrected chi connectivity index (χ3v) is 3.84. The number of hydrogen-bond donors (Lipinski definition) is 0. The molecule has 0 radical (unpaired) electrons. The molecule has 0 aliphatic carbocycles. The van der Waals surface area contributed by atoms with E-state index in [1.165, 1.54) is 0 Å². The van der Waals surface area contributed by atoms with Crippen molar-refractivity contribution in [3.05, 3.63) is 68.2 Å². The molecule has 98 valence electrons. The van der Waals surface area contributed by atoms with E-state index in [-0.39, 0.29) is 12.2 Å². The van der Waals surface area contributed by atoms with Gasteiger partial charge in [-0.25, -0.2) is 0 Å². The first kappa shape index (κ1) is 14.4. The first-order valence-corrected chi connectivity index (χ1v) is 6.84. The Bertz CT molecular complexity index is 615. The predicted molar refractivity (Wildman–Crippen MR) is 80.7 cm³/mol. The Hall–Kier alpha value is -1.02. The van der Waals surface area contributed by atoms with Gasteiger partial charge in [0.2, 0.25) is 0 Å². The van der Waals surface area contributed by atoms with Crippen LogP contribution in [0.15, 0.2) is 36.4 Å². The summed E-state index contributed by atoms with van der Waals surface area (Å²) in [6, 6.07) is 10.5. The lowest BCUT2D eigenvalue weighted by molar-refractivity contribution is 0.0992. The normalized spacial score (nSPS) is 10.5. The smallest absolute Gasteiger partial charge is 0.167 e. The van der Waals surface area contributed by atoms with Gasteiger partial charge in [-0.1, -0.05) is 46.9 Å². The molecular weight excluding hydrogens is 303 g/mol. The van der Waals surface area contributed by atoms with Crippen molar-refractivity contribution in [1.29, 1.82) is 0 Å². The highest BCUT2D eigenvalue weighted by atomic mass is 35.5. The maximum absolute atomic E-state index is 12.3. The second-order valence-corrected chi connectivity index (χ2v) is 5.51. The van der Waals surface area contributed by atoms with Crippen LogP contribution in [0.1, 0.15) is 21.5 Å². The highest BCUT2D eigenvalue weighted by Gasteiger charge is 2.14. The van der Waals surface area contributed by atoms with Gasteiger partial charge in [0, 0.05) is 27.1 Å². The second-order valence-electron chi connectivity index (χ2n) is 4.26. The Morgan fingerprint density at radius 1 is 1.05 bits per heavy atom. The van der Waals surface area contributed by atoms with E-state index in [4.69, 9.17) is 34.8 Å². The van der Waals surface area contributed by atoms with E-state index in [2.05, 4.69) is 0 Å². The molecule has 0 spiro atoms. The first-order valence-electron chi connectivity index (χ1n) is 5.71. The molecule has 0 aliphatic rings. The van der Waals surface area contributed by atoms with Gasteiger partial charge in [-0.15, -0.1) is 0 Å². The average Bonchev–Trinajstić information content (AvgIpc) is 2.37. The van der Waals surface area contributed by atoms with Crippen LogP contribution in [-0.4, -0.2) is 5.78 Å². The van der Waals surface area contributed by atoms with Gasteiger partial charge in [0.1, 0.15) is 0 Å². The summed E-state index contributed by atoms with van der Waals surface area (Å²) in [5.74, 6) is -0.0463. The van der Waals surface area contributed by atoms with Crippen LogP contribution in [0.3, 0.4) is 0 Å². The topological polar surface area (TPSA) is 17.1 Å². The maximum Gasteiger partial charge on any atom is 0.167 e. The highest BCUT2D eigenvalue weighted by molar-refractivity contribution is 6.36. The fourth-order valence-electron chi connectivity index (χ4n) is 1.85. The molecule has 19 heavy (non-hydrogen) atoms. The number of rotatable bonds is 3. The van der Waals surface area contributed by atoms with Crippen molar-refractivity contribution in [2.24, 2.45) is 0 Å². The molecule has 0 unspecified atom stereocenters. The molecule has 1 nitrogen and oxygen atoms in total. The largest absolute Gasteiger partial charge is 0.294 e. The summed E-state index contributed by atoms with van der Waals surface area (Å²) < 4.78 is 0. The molecule has 0 bridgehead atoms. The van der Waals surface area contributed by atoms with Gasteiger partial charge < -0.3 is 0 Å². The number of hydrogen-bond acceptors (Lipinski definition) is 1. The molecular formula is C15H11Cl3O. The lowest BCUT2D eigenvalue weighted by atomic mass is 9.99. The Kier molecular flexibility index (Phi) is 4.51. The van der Waals surface area contributed by atoms with Crippen molar-refractivity contribution in [2.45, 2.75) is 13.3 Å². The summed E-state index contributed by atoms with van der Waals surface area (Å²) in [6.45, 7) is 1.87. The number of Topliss-reactive ketones (excluding diaryl/α,β-unsaturated/α-hetero) is 1. The van der Waals surface area contributed by atoms with Crippen molar-refractivity contribution >= 4 is 40.6 Å². The first-order chi connectivity index (χ1) is 8.99. The van der Waals surface area contributed by atoms with Gasteiger partial charge in [-0.3, -0.25) is 4.79 Å². The van der Waals surface area contributed by atoms with E-state index in [1.54, 1.807) is 30.3 Å². The highest BCUT2D eigenvalue weighted by Crippen LogP contribution is 2.26. The van der Waals surface area contributed by atoms with Crippen LogP contribution in [0, 0.1) is 6.92 Å². The fourth-order valence-corrected chi connectivity index (χ4v) is 2.55. The Morgan fingerprint density at radius 2 is 1.68 bits per heavy atom. The molecule has 0 amide bonds. The number of halogens is 3. The monoisotopic (exact) mass is 312 g/mol. The summed E-state index contributed by atoms with van der Waals surface area (Å²) in [5, 5.41) is 1.54. The molecule has 0 aliphatic heterocycles. The van der Waals surface area contributed by atoms with Crippen molar-refractivity contribution in [1.82, 2.24) is 0 Å². The Balaban J connectivity index is 2.34. The van der Waals surface area contributed by atoms with Crippen molar-refractivity contribution < 1.29 is 4.79 Å². The molecule has 0 heterocycles. The van der Waals surface area contributed by atoms with Crippen LogP contribution in [0.5, 0.6) is 0 Å². The van der Waals surface area contributed by atoms with Crippen molar-refractivity contribution in [2.75, 3.05) is 0 Å². The average molecular weight is 314 g/mol. The fraction of sp³-hybridized carbons (Fsp3) is 0.133. The van der Waals surface area contributed by atoms with Crippen LogP contribution in [0.4, 0.5) is 0 Å². The minimum absolute atomic E-state index is 0.0463. The molecule has 0 saturated heterocycles. The van der Waals surface area contributed by atoms with E-state index in [0.29, 0.717) is 26.2 Å². The summed E-state index contributed by atoms with van der Waals surface area (Å²) in [6.07, 6.45) is 0.166.